The van der Waals surface area contributed by atoms with Crippen LogP contribution < -0.4 is 11.1 Å². The van der Waals surface area contributed by atoms with Gasteiger partial charge in [0.1, 0.15) is 5.76 Å². The minimum Gasteiger partial charge on any atom is -0.464 e. The third-order valence-corrected chi connectivity index (χ3v) is 3.85. The number of nitrogen functional groups attached to an aromatic ring is 1. The molecule has 1 aromatic heterocycles. The summed E-state index contributed by atoms with van der Waals surface area (Å²) in [4.78, 5) is 0. The Morgan fingerprint density at radius 1 is 1.00 bits per heavy atom. The monoisotopic (exact) mass is 292 g/mol. The first kappa shape index (κ1) is 14.3. The van der Waals surface area contributed by atoms with Crippen molar-refractivity contribution in [2.24, 2.45) is 0 Å². The molecular weight excluding hydrogens is 272 g/mol. The molecule has 3 heteroatoms. The van der Waals surface area contributed by atoms with Crippen molar-refractivity contribution in [1.29, 1.82) is 0 Å². The van der Waals surface area contributed by atoms with Crippen LogP contribution in [0.25, 0.3) is 11.3 Å². The lowest BCUT2D eigenvalue weighted by molar-refractivity contribution is 0.582. The fourth-order valence-corrected chi connectivity index (χ4v) is 2.50. The molecule has 0 fully saturated rings. The topological polar surface area (TPSA) is 51.2 Å². The van der Waals surface area contributed by atoms with Crippen LogP contribution in [-0.4, -0.2) is 0 Å². The number of rotatable bonds is 4. The molecule has 0 atom stereocenters. The van der Waals surface area contributed by atoms with Gasteiger partial charge in [-0.25, -0.2) is 0 Å². The smallest absolute Gasteiger partial charge is 0.133 e. The second-order valence-electron chi connectivity index (χ2n) is 5.55. The Labute approximate surface area is 130 Å². The first-order valence-electron chi connectivity index (χ1n) is 7.37. The average Bonchev–Trinajstić information content (AvgIpc) is 3.04. The second-order valence-corrected chi connectivity index (χ2v) is 5.55. The molecule has 0 spiro atoms. The third-order valence-electron chi connectivity index (χ3n) is 3.85. The van der Waals surface area contributed by atoms with Crippen molar-refractivity contribution in [1.82, 2.24) is 0 Å². The molecule has 0 aliphatic heterocycles. The van der Waals surface area contributed by atoms with E-state index >= 15 is 0 Å². The van der Waals surface area contributed by atoms with Crippen molar-refractivity contribution in [3.05, 3.63) is 71.5 Å². The molecule has 0 amide bonds. The molecule has 0 bridgehead atoms. The van der Waals surface area contributed by atoms with E-state index in [0.717, 1.165) is 34.8 Å². The average molecular weight is 292 g/mol. The quantitative estimate of drug-likeness (QED) is 0.682. The highest BCUT2D eigenvalue weighted by atomic mass is 16.3. The molecular formula is C19H20N2O. The third kappa shape index (κ3) is 2.98. The first-order chi connectivity index (χ1) is 10.6. The van der Waals surface area contributed by atoms with Gasteiger partial charge in [0.2, 0.25) is 0 Å². The molecule has 112 valence electrons. The Hall–Kier alpha value is -2.68. The maximum atomic E-state index is 5.85. The van der Waals surface area contributed by atoms with Gasteiger partial charge in [0.05, 0.1) is 6.26 Å². The van der Waals surface area contributed by atoms with Crippen LogP contribution in [0, 0.1) is 13.8 Å². The van der Waals surface area contributed by atoms with E-state index in [4.69, 9.17) is 10.2 Å². The van der Waals surface area contributed by atoms with Gasteiger partial charge in [-0.15, -0.1) is 0 Å². The molecule has 1 heterocycles. The van der Waals surface area contributed by atoms with Crippen LogP contribution in [0.5, 0.6) is 0 Å². The van der Waals surface area contributed by atoms with E-state index in [0.29, 0.717) is 0 Å². The number of hydrogen-bond donors (Lipinski definition) is 2. The molecule has 3 rings (SSSR count). The number of nitrogens with two attached hydrogens (primary N) is 1. The second kappa shape index (κ2) is 5.98. The lowest BCUT2D eigenvalue weighted by Crippen LogP contribution is -2.02. The largest absolute Gasteiger partial charge is 0.464 e. The van der Waals surface area contributed by atoms with E-state index < -0.39 is 0 Å². The zero-order chi connectivity index (χ0) is 15.5. The van der Waals surface area contributed by atoms with Crippen LogP contribution >= 0.6 is 0 Å². The van der Waals surface area contributed by atoms with Gasteiger partial charge >= 0.3 is 0 Å². The van der Waals surface area contributed by atoms with Crippen LogP contribution in [0.15, 0.2) is 59.2 Å². The minimum absolute atomic E-state index is 0.780. The normalized spacial score (nSPS) is 10.6. The number of anilines is 2. The lowest BCUT2D eigenvalue weighted by Gasteiger charge is -2.12. The Morgan fingerprint density at radius 2 is 1.86 bits per heavy atom. The van der Waals surface area contributed by atoms with E-state index in [9.17, 15) is 0 Å². The zero-order valence-corrected chi connectivity index (χ0v) is 12.9. The predicted octanol–water partition coefficient (Wildman–Crippen LogP) is 4.76. The molecule has 0 aliphatic rings. The molecule has 0 radical (unpaired) electrons. The first-order valence-corrected chi connectivity index (χ1v) is 7.37. The Kier molecular flexibility index (Phi) is 3.88. The highest BCUT2D eigenvalue weighted by Gasteiger charge is 2.04. The van der Waals surface area contributed by atoms with Crippen molar-refractivity contribution in [3.63, 3.8) is 0 Å². The maximum absolute atomic E-state index is 5.85. The summed E-state index contributed by atoms with van der Waals surface area (Å²) in [5.41, 5.74) is 12.4. The summed E-state index contributed by atoms with van der Waals surface area (Å²) in [5, 5.41) is 3.48. The van der Waals surface area contributed by atoms with Gasteiger partial charge in [0.15, 0.2) is 0 Å². The van der Waals surface area contributed by atoms with E-state index in [-0.39, 0.29) is 0 Å². The van der Waals surface area contributed by atoms with E-state index in [1.54, 1.807) is 6.26 Å². The van der Waals surface area contributed by atoms with Gasteiger partial charge in [-0.3, -0.25) is 0 Å². The van der Waals surface area contributed by atoms with Crippen LogP contribution in [0.4, 0.5) is 11.4 Å². The standard InChI is InChI=1S/C19H20N2O/c1-13-10-15(5-7-17(13)20)12-21-18-8-6-16(11-14(18)2)19-4-3-9-22-19/h3-11,21H,12,20H2,1-2H3. The van der Waals surface area contributed by atoms with E-state index in [1.807, 2.05) is 25.1 Å². The van der Waals surface area contributed by atoms with Gasteiger partial charge in [-0.05, 0) is 66.9 Å². The Balaban J connectivity index is 1.74. The van der Waals surface area contributed by atoms with E-state index in [2.05, 4.69) is 42.6 Å². The number of benzene rings is 2. The molecule has 0 unspecified atom stereocenters. The fourth-order valence-electron chi connectivity index (χ4n) is 2.50. The highest BCUT2D eigenvalue weighted by Crippen LogP contribution is 2.25. The summed E-state index contributed by atoms with van der Waals surface area (Å²) < 4.78 is 5.44. The minimum atomic E-state index is 0.780. The number of furan rings is 1. The van der Waals surface area contributed by atoms with Crippen molar-refractivity contribution >= 4 is 11.4 Å². The summed E-state index contributed by atoms with van der Waals surface area (Å²) in [7, 11) is 0. The molecule has 2 aromatic carbocycles. The lowest BCUT2D eigenvalue weighted by atomic mass is 10.1. The van der Waals surface area contributed by atoms with Crippen molar-refractivity contribution in [3.8, 4) is 11.3 Å². The maximum Gasteiger partial charge on any atom is 0.133 e. The summed E-state index contributed by atoms with van der Waals surface area (Å²) >= 11 is 0. The van der Waals surface area contributed by atoms with Gasteiger partial charge in [-0.2, -0.15) is 0 Å². The van der Waals surface area contributed by atoms with E-state index in [1.165, 1.54) is 11.1 Å². The molecule has 3 nitrogen and oxygen atoms in total. The number of aryl methyl sites for hydroxylation is 2. The summed E-state index contributed by atoms with van der Waals surface area (Å²) in [6.45, 7) is 4.91. The van der Waals surface area contributed by atoms with Crippen LogP contribution in [0.1, 0.15) is 16.7 Å². The van der Waals surface area contributed by atoms with Crippen molar-refractivity contribution < 1.29 is 4.42 Å². The fraction of sp³-hybridized carbons (Fsp3) is 0.158. The summed E-state index contributed by atoms with van der Waals surface area (Å²) in [6.07, 6.45) is 1.69. The van der Waals surface area contributed by atoms with Crippen molar-refractivity contribution in [2.45, 2.75) is 20.4 Å². The number of nitrogens with one attached hydrogen (secondary N) is 1. The Morgan fingerprint density at radius 3 is 2.55 bits per heavy atom. The van der Waals surface area contributed by atoms with Crippen LogP contribution in [0.3, 0.4) is 0 Å². The molecule has 3 aromatic rings. The van der Waals surface area contributed by atoms with Crippen LogP contribution in [-0.2, 0) is 6.54 Å². The molecule has 0 saturated carbocycles. The molecule has 0 saturated heterocycles. The SMILES string of the molecule is Cc1cc(CNc2ccc(-c3ccco3)cc2C)ccc1N. The highest BCUT2D eigenvalue weighted by molar-refractivity contribution is 5.64. The molecule has 22 heavy (non-hydrogen) atoms. The Bertz CT molecular complexity index is 776. The molecule has 3 N–H and O–H groups in total. The molecule has 0 aliphatic carbocycles. The van der Waals surface area contributed by atoms with Gasteiger partial charge < -0.3 is 15.5 Å². The number of hydrogen-bond acceptors (Lipinski definition) is 3. The zero-order valence-electron chi connectivity index (χ0n) is 12.9. The van der Waals surface area contributed by atoms with Gasteiger partial charge in [-0.1, -0.05) is 12.1 Å². The van der Waals surface area contributed by atoms with Crippen molar-refractivity contribution in [2.75, 3.05) is 11.1 Å². The summed E-state index contributed by atoms with van der Waals surface area (Å²) in [5.74, 6) is 0.892. The van der Waals surface area contributed by atoms with Gasteiger partial charge in [0.25, 0.3) is 0 Å². The van der Waals surface area contributed by atoms with Crippen LogP contribution in [0.2, 0.25) is 0 Å². The summed E-state index contributed by atoms with van der Waals surface area (Å²) in [6, 6.07) is 16.3. The van der Waals surface area contributed by atoms with Gasteiger partial charge in [0, 0.05) is 23.5 Å². The predicted molar refractivity (Wildman–Crippen MR) is 91.8 cm³/mol.